The van der Waals surface area contributed by atoms with Crippen molar-refractivity contribution >= 4 is 5.91 Å². The number of hydrogen-bond donors (Lipinski definition) is 2. The van der Waals surface area contributed by atoms with E-state index < -0.39 is 12.2 Å². The molecule has 0 radical (unpaired) electrons. The fourth-order valence-corrected chi connectivity index (χ4v) is 1.26. The zero-order valence-electron chi connectivity index (χ0n) is 10.4. The summed E-state index contributed by atoms with van der Waals surface area (Å²) in [4.78, 5) is 11.6. The largest absolute Gasteiger partial charge is 0.481 e. The fraction of sp³-hybridized carbons (Fsp3) is 0.385. The van der Waals surface area contributed by atoms with E-state index in [1.165, 1.54) is 0 Å². The van der Waals surface area contributed by atoms with Crippen LogP contribution in [0.3, 0.4) is 0 Å². The normalized spacial score (nSPS) is 13.2. The van der Waals surface area contributed by atoms with Crippen molar-refractivity contribution in [3.05, 3.63) is 29.8 Å². The molecule has 0 aliphatic heterocycles. The number of rotatable bonds is 5. The maximum Gasteiger partial charge on any atom is 0.260 e. The highest BCUT2D eigenvalue weighted by Gasteiger charge is 2.14. The molecule has 0 spiro atoms. The number of nitrogens with one attached hydrogen (secondary N) is 1. The van der Waals surface area contributed by atoms with Crippen molar-refractivity contribution in [2.75, 3.05) is 6.54 Å². The van der Waals surface area contributed by atoms with Gasteiger partial charge in [0.15, 0.2) is 6.10 Å². The molecule has 0 fully saturated rings. The molecule has 0 aliphatic carbocycles. The van der Waals surface area contributed by atoms with Crippen LogP contribution in [0.2, 0.25) is 0 Å². The summed E-state index contributed by atoms with van der Waals surface area (Å²) in [6, 6.07) is 8.51. The van der Waals surface area contributed by atoms with E-state index in [9.17, 15) is 4.79 Å². The van der Waals surface area contributed by atoms with E-state index in [-0.39, 0.29) is 12.5 Å². The highest BCUT2D eigenvalue weighted by atomic mass is 16.5. The Labute approximate surface area is 106 Å². The number of amides is 1. The van der Waals surface area contributed by atoms with Gasteiger partial charge in [0.25, 0.3) is 5.91 Å². The number of hydrogen-bond acceptors (Lipinski definition) is 4. The summed E-state index contributed by atoms with van der Waals surface area (Å²) in [6.45, 7) is 3.40. The molecule has 2 N–H and O–H groups in total. The van der Waals surface area contributed by atoms with Crippen LogP contribution < -0.4 is 10.1 Å². The van der Waals surface area contributed by atoms with E-state index in [1.54, 1.807) is 38.1 Å². The topological polar surface area (TPSA) is 82.3 Å². The standard InChI is InChI=1S/C13H16N2O3/c1-9(16)8-15-13(17)10(2)18-12-5-3-11(7-14)4-6-12/h3-6,9-10,16H,8H2,1-2H3,(H,15,17)/t9-,10?/m0/s1. The van der Waals surface area contributed by atoms with Gasteiger partial charge in [-0.1, -0.05) is 0 Å². The van der Waals surface area contributed by atoms with Crippen molar-refractivity contribution in [3.63, 3.8) is 0 Å². The zero-order chi connectivity index (χ0) is 13.5. The predicted molar refractivity (Wildman–Crippen MR) is 65.9 cm³/mol. The fourth-order valence-electron chi connectivity index (χ4n) is 1.26. The first kappa shape index (κ1) is 14.0. The molecule has 0 aliphatic rings. The van der Waals surface area contributed by atoms with Crippen LogP contribution in [-0.2, 0) is 4.79 Å². The molecular weight excluding hydrogens is 232 g/mol. The predicted octanol–water partition coefficient (Wildman–Crippen LogP) is 0.823. The van der Waals surface area contributed by atoms with Crippen molar-refractivity contribution in [1.29, 1.82) is 5.26 Å². The number of nitrogens with zero attached hydrogens (tertiary/aromatic N) is 1. The van der Waals surface area contributed by atoms with Gasteiger partial charge in [0.05, 0.1) is 17.7 Å². The quantitative estimate of drug-likeness (QED) is 0.808. The van der Waals surface area contributed by atoms with Gasteiger partial charge in [-0.2, -0.15) is 5.26 Å². The van der Waals surface area contributed by atoms with E-state index in [0.29, 0.717) is 11.3 Å². The molecule has 2 atom stereocenters. The van der Waals surface area contributed by atoms with Crippen LogP contribution in [0.15, 0.2) is 24.3 Å². The molecule has 1 rings (SSSR count). The van der Waals surface area contributed by atoms with Gasteiger partial charge in [-0.25, -0.2) is 0 Å². The minimum atomic E-state index is -0.656. The van der Waals surface area contributed by atoms with Gasteiger partial charge < -0.3 is 15.2 Å². The summed E-state index contributed by atoms with van der Waals surface area (Å²) in [5.74, 6) is 0.231. The molecule has 0 saturated heterocycles. The molecule has 0 saturated carbocycles. The van der Waals surface area contributed by atoms with Gasteiger partial charge in [0, 0.05) is 6.54 Å². The summed E-state index contributed by atoms with van der Waals surface area (Å²) in [6.07, 6.45) is -1.24. The third-order valence-electron chi connectivity index (χ3n) is 2.24. The SMILES string of the molecule is CC(Oc1ccc(C#N)cc1)C(=O)NC[C@H](C)O. The third kappa shape index (κ3) is 4.44. The molecule has 5 nitrogen and oxygen atoms in total. The number of benzene rings is 1. The van der Waals surface area contributed by atoms with Crippen LogP contribution in [0.25, 0.3) is 0 Å². The van der Waals surface area contributed by atoms with Crippen LogP contribution in [-0.4, -0.2) is 29.8 Å². The van der Waals surface area contributed by atoms with Crippen LogP contribution in [0.5, 0.6) is 5.75 Å². The lowest BCUT2D eigenvalue weighted by Gasteiger charge is -2.15. The van der Waals surface area contributed by atoms with Gasteiger partial charge in [0.1, 0.15) is 5.75 Å². The van der Waals surface area contributed by atoms with Gasteiger partial charge in [-0.15, -0.1) is 0 Å². The second-order valence-corrected chi connectivity index (χ2v) is 3.99. The number of aliphatic hydroxyl groups excluding tert-OH is 1. The van der Waals surface area contributed by atoms with E-state index in [2.05, 4.69) is 5.32 Å². The molecule has 5 heteroatoms. The second kappa shape index (κ2) is 6.62. The minimum absolute atomic E-state index is 0.194. The Morgan fingerprint density at radius 3 is 2.56 bits per heavy atom. The Morgan fingerprint density at radius 2 is 2.06 bits per heavy atom. The molecule has 1 unspecified atom stereocenters. The molecule has 1 aromatic rings. The van der Waals surface area contributed by atoms with Gasteiger partial charge in [-0.05, 0) is 38.1 Å². The molecule has 96 valence electrons. The minimum Gasteiger partial charge on any atom is -0.481 e. The Bertz CT molecular complexity index is 435. The number of nitriles is 1. The van der Waals surface area contributed by atoms with Crippen molar-refractivity contribution in [1.82, 2.24) is 5.32 Å². The van der Waals surface area contributed by atoms with Crippen molar-refractivity contribution in [3.8, 4) is 11.8 Å². The average molecular weight is 248 g/mol. The van der Waals surface area contributed by atoms with Crippen molar-refractivity contribution < 1.29 is 14.6 Å². The highest BCUT2D eigenvalue weighted by Crippen LogP contribution is 2.13. The van der Waals surface area contributed by atoms with E-state index in [0.717, 1.165) is 0 Å². The van der Waals surface area contributed by atoms with Crippen LogP contribution in [0.4, 0.5) is 0 Å². The molecule has 0 aromatic heterocycles. The zero-order valence-corrected chi connectivity index (χ0v) is 10.4. The summed E-state index contributed by atoms with van der Waals surface area (Å²) < 4.78 is 5.40. The molecule has 1 aromatic carbocycles. The monoisotopic (exact) mass is 248 g/mol. The number of aliphatic hydroxyl groups is 1. The van der Waals surface area contributed by atoms with Crippen LogP contribution in [0, 0.1) is 11.3 Å². The lowest BCUT2D eigenvalue weighted by atomic mass is 10.2. The maximum absolute atomic E-state index is 11.6. The Balaban J connectivity index is 2.50. The lowest BCUT2D eigenvalue weighted by Crippen LogP contribution is -2.39. The molecule has 0 bridgehead atoms. The summed E-state index contributed by atoms with van der Waals surface area (Å²) in [5, 5.41) is 20.2. The average Bonchev–Trinajstić information content (AvgIpc) is 2.36. The third-order valence-corrected chi connectivity index (χ3v) is 2.24. The first-order valence-corrected chi connectivity index (χ1v) is 5.65. The van der Waals surface area contributed by atoms with E-state index in [1.807, 2.05) is 6.07 Å². The van der Waals surface area contributed by atoms with E-state index >= 15 is 0 Å². The molecule has 0 heterocycles. The highest BCUT2D eigenvalue weighted by molar-refractivity contribution is 5.80. The Hall–Kier alpha value is -2.06. The molecule has 18 heavy (non-hydrogen) atoms. The van der Waals surface area contributed by atoms with Crippen LogP contribution >= 0.6 is 0 Å². The second-order valence-electron chi connectivity index (χ2n) is 3.99. The Kier molecular flexibility index (Phi) is 5.15. The van der Waals surface area contributed by atoms with Crippen LogP contribution in [0.1, 0.15) is 19.4 Å². The molecule has 1 amide bonds. The lowest BCUT2D eigenvalue weighted by molar-refractivity contribution is -0.127. The number of carbonyl (C=O) groups excluding carboxylic acids is 1. The maximum atomic E-state index is 11.6. The van der Waals surface area contributed by atoms with Crippen molar-refractivity contribution in [2.45, 2.75) is 26.1 Å². The van der Waals surface area contributed by atoms with Crippen molar-refractivity contribution in [2.24, 2.45) is 0 Å². The first-order valence-electron chi connectivity index (χ1n) is 5.65. The summed E-state index contributed by atoms with van der Waals surface area (Å²) in [5.41, 5.74) is 0.536. The van der Waals surface area contributed by atoms with Gasteiger partial charge >= 0.3 is 0 Å². The number of carbonyl (C=O) groups is 1. The van der Waals surface area contributed by atoms with Gasteiger partial charge in [-0.3, -0.25) is 4.79 Å². The Morgan fingerprint density at radius 1 is 1.44 bits per heavy atom. The summed E-state index contributed by atoms with van der Waals surface area (Å²) >= 11 is 0. The molecular formula is C13H16N2O3. The first-order chi connectivity index (χ1) is 8.52. The summed E-state index contributed by atoms with van der Waals surface area (Å²) in [7, 11) is 0. The van der Waals surface area contributed by atoms with E-state index in [4.69, 9.17) is 15.1 Å². The smallest absolute Gasteiger partial charge is 0.260 e. The number of ether oxygens (including phenoxy) is 1. The van der Waals surface area contributed by atoms with Gasteiger partial charge in [0.2, 0.25) is 0 Å².